The smallest absolute Gasteiger partial charge is 0.257 e. The predicted molar refractivity (Wildman–Crippen MR) is 99.6 cm³/mol. The number of nitrogens with one attached hydrogen (secondary N) is 1. The van der Waals surface area contributed by atoms with Gasteiger partial charge in [0.2, 0.25) is 5.95 Å². The van der Waals surface area contributed by atoms with Gasteiger partial charge in [-0.2, -0.15) is 0 Å². The van der Waals surface area contributed by atoms with Crippen LogP contribution in [0, 0.1) is 5.82 Å². The number of nitrogens with zero attached hydrogens (tertiary/aromatic N) is 3. The van der Waals surface area contributed by atoms with E-state index in [9.17, 15) is 9.18 Å². The minimum absolute atomic E-state index is 0.0226. The maximum absolute atomic E-state index is 12.9. The Morgan fingerprint density at radius 2 is 1.96 bits per heavy atom. The van der Waals surface area contributed by atoms with Crippen molar-refractivity contribution in [3.63, 3.8) is 0 Å². The maximum atomic E-state index is 12.9. The van der Waals surface area contributed by atoms with Crippen molar-refractivity contribution in [2.24, 2.45) is 0 Å². The molecule has 5 nitrogen and oxygen atoms in total. The van der Waals surface area contributed by atoms with Gasteiger partial charge in [0.05, 0.1) is 5.56 Å². The SMILES string of the molecule is CCC1CCCCN1C(=O)c1cnc(NCCc2ccc(F)cc2)nc1. The highest BCUT2D eigenvalue weighted by atomic mass is 19.1. The van der Waals surface area contributed by atoms with Crippen molar-refractivity contribution in [3.8, 4) is 0 Å². The van der Waals surface area contributed by atoms with E-state index < -0.39 is 0 Å². The fourth-order valence-electron chi connectivity index (χ4n) is 3.36. The van der Waals surface area contributed by atoms with Gasteiger partial charge in [0.15, 0.2) is 0 Å². The van der Waals surface area contributed by atoms with Gasteiger partial charge in [-0.15, -0.1) is 0 Å². The molecule has 1 aliphatic rings. The van der Waals surface area contributed by atoms with Crippen LogP contribution in [0.3, 0.4) is 0 Å². The molecule has 0 aliphatic carbocycles. The van der Waals surface area contributed by atoms with Crippen LogP contribution < -0.4 is 5.32 Å². The van der Waals surface area contributed by atoms with Crippen molar-refractivity contribution in [3.05, 3.63) is 53.6 Å². The standard InChI is InChI=1S/C20H25FN4O/c1-2-18-5-3-4-12-25(18)19(26)16-13-23-20(24-14-16)22-11-10-15-6-8-17(21)9-7-15/h6-9,13-14,18H,2-5,10-12H2,1H3,(H,22,23,24). The highest BCUT2D eigenvalue weighted by Gasteiger charge is 2.26. The molecule has 1 N–H and O–H groups in total. The average molecular weight is 356 g/mol. The molecule has 26 heavy (non-hydrogen) atoms. The van der Waals surface area contributed by atoms with E-state index in [-0.39, 0.29) is 11.7 Å². The van der Waals surface area contributed by atoms with Crippen molar-refractivity contribution < 1.29 is 9.18 Å². The molecule has 0 radical (unpaired) electrons. The summed E-state index contributed by atoms with van der Waals surface area (Å²) in [6.07, 6.45) is 8.24. The Bertz CT molecular complexity index is 718. The van der Waals surface area contributed by atoms with Gasteiger partial charge in [0.25, 0.3) is 5.91 Å². The van der Waals surface area contributed by atoms with Crippen LogP contribution in [-0.4, -0.2) is 39.9 Å². The van der Waals surface area contributed by atoms with Crippen molar-refractivity contribution in [2.45, 2.75) is 45.1 Å². The number of piperidine rings is 1. The first-order chi connectivity index (χ1) is 12.7. The van der Waals surface area contributed by atoms with Gasteiger partial charge in [0, 0.05) is 31.5 Å². The summed E-state index contributed by atoms with van der Waals surface area (Å²) in [6, 6.07) is 6.77. The second-order valence-electron chi connectivity index (χ2n) is 6.65. The average Bonchev–Trinajstić information content (AvgIpc) is 2.69. The van der Waals surface area contributed by atoms with Crippen LogP contribution in [0.5, 0.6) is 0 Å². The van der Waals surface area contributed by atoms with Crippen LogP contribution in [0.25, 0.3) is 0 Å². The molecule has 3 rings (SSSR count). The number of halogens is 1. The summed E-state index contributed by atoms with van der Waals surface area (Å²) in [5.74, 6) is 0.285. The molecule has 1 amide bonds. The van der Waals surface area contributed by atoms with E-state index in [1.165, 1.54) is 18.6 Å². The van der Waals surface area contributed by atoms with Crippen LogP contribution in [0.1, 0.15) is 48.5 Å². The lowest BCUT2D eigenvalue weighted by Crippen LogP contribution is -2.43. The Morgan fingerprint density at radius 1 is 1.23 bits per heavy atom. The second kappa shape index (κ2) is 8.74. The second-order valence-corrected chi connectivity index (χ2v) is 6.65. The molecule has 0 bridgehead atoms. The number of amides is 1. The zero-order valence-corrected chi connectivity index (χ0v) is 15.1. The van der Waals surface area contributed by atoms with Crippen LogP contribution in [0.15, 0.2) is 36.7 Å². The zero-order chi connectivity index (χ0) is 18.4. The first kappa shape index (κ1) is 18.3. The van der Waals surface area contributed by atoms with Crippen LogP contribution >= 0.6 is 0 Å². The van der Waals surface area contributed by atoms with Crippen molar-refractivity contribution >= 4 is 11.9 Å². The molecule has 1 aromatic heterocycles. The summed E-state index contributed by atoms with van der Waals surface area (Å²) in [7, 11) is 0. The molecular formula is C20H25FN4O. The molecule has 2 heterocycles. The van der Waals surface area contributed by atoms with E-state index >= 15 is 0 Å². The minimum Gasteiger partial charge on any atom is -0.354 e. The van der Waals surface area contributed by atoms with Gasteiger partial charge in [-0.1, -0.05) is 19.1 Å². The summed E-state index contributed by atoms with van der Waals surface area (Å²) in [6.45, 7) is 3.58. The molecule has 1 aromatic carbocycles. The number of hydrogen-bond donors (Lipinski definition) is 1. The Labute approximate surface area is 153 Å². The summed E-state index contributed by atoms with van der Waals surface area (Å²) in [5, 5.41) is 3.13. The number of carbonyl (C=O) groups excluding carboxylic acids is 1. The van der Waals surface area contributed by atoms with Crippen LogP contribution in [-0.2, 0) is 6.42 Å². The van der Waals surface area contributed by atoms with Gasteiger partial charge < -0.3 is 10.2 Å². The fourth-order valence-corrected chi connectivity index (χ4v) is 3.36. The van der Waals surface area contributed by atoms with Crippen molar-refractivity contribution in [2.75, 3.05) is 18.4 Å². The summed E-state index contributed by atoms with van der Waals surface area (Å²) in [5.41, 5.74) is 1.58. The molecule has 1 aliphatic heterocycles. The number of benzene rings is 1. The number of aromatic nitrogens is 2. The largest absolute Gasteiger partial charge is 0.354 e. The zero-order valence-electron chi connectivity index (χ0n) is 15.1. The number of rotatable bonds is 6. The lowest BCUT2D eigenvalue weighted by molar-refractivity contribution is 0.0607. The quantitative estimate of drug-likeness (QED) is 0.858. The third kappa shape index (κ3) is 4.56. The van der Waals surface area contributed by atoms with Gasteiger partial charge in [-0.05, 0) is 49.8 Å². The molecule has 1 fully saturated rings. The summed E-state index contributed by atoms with van der Waals surface area (Å²) in [4.78, 5) is 23.2. The van der Waals surface area contributed by atoms with Crippen LogP contribution in [0.2, 0.25) is 0 Å². The van der Waals surface area contributed by atoms with E-state index in [4.69, 9.17) is 0 Å². The van der Waals surface area contributed by atoms with Gasteiger partial charge in [-0.25, -0.2) is 14.4 Å². The number of anilines is 1. The lowest BCUT2D eigenvalue weighted by atomic mass is 9.99. The van der Waals surface area contributed by atoms with Gasteiger partial charge in [-0.3, -0.25) is 4.79 Å². The van der Waals surface area contributed by atoms with E-state index in [0.717, 1.165) is 37.8 Å². The number of hydrogen-bond acceptors (Lipinski definition) is 4. The third-order valence-electron chi connectivity index (χ3n) is 4.87. The third-order valence-corrected chi connectivity index (χ3v) is 4.87. The molecule has 1 atom stereocenters. The van der Waals surface area contributed by atoms with E-state index in [2.05, 4.69) is 22.2 Å². The molecule has 0 spiro atoms. The Kier molecular flexibility index (Phi) is 6.15. The Morgan fingerprint density at radius 3 is 2.65 bits per heavy atom. The highest BCUT2D eigenvalue weighted by molar-refractivity contribution is 5.94. The predicted octanol–water partition coefficient (Wildman–Crippen LogP) is 3.68. The maximum Gasteiger partial charge on any atom is 0.257 e. The van der Waals surface area contributed by atoms with Gasteiger partial charge in [0.1, 0.15) is 5.82 Å². The molecule has 0 saturated carbocycles. The van der Waals surface area contributed by atoms with Crippen molar-refractivity contribution in [1.82, 2.24) is 14.9 Å². The molecular weight excluding hydrogens is 331 g/mol. The number of carbonyl (C=O) groups is 1. The monoisotopic (exact) mass is 356 g/mol. The molecule has 2 aromatic rings. The van der Waals surface area contributed by atoms with Crippen molar-refractivity contribution in [1.29, 1.82) is 0 Å². The molecule has 6 heteroatoms. The molecule has 1 unspecified atom stereocenters. The van der Waals surface area contributed by atoms with Gasteiger partial charge >= 0.3 is 0 Å². The lowest BCUT2D eigenvalue weighted by Gasteiger charge is -2.35. The van der Waals surface area contributed by atoms with E-state index in [1.807, 2.05) is 4.90 Å². The minimum atomic E-state index is -0.232. The highest BCUT2D eigenvalue weighted by Crippen LogP contribution is 2.21. The summed E-state index contributed by atoms with van der Waals surface area (Å²) >= 11 is 0. The van der Waals surface area contributed by atoms with Crippen LogP contribution in [0.4, 0.5) is 10.3 Å². The topological polar surface area (TPSA) is 58.1 Å². The van der Waals surface area contributed by atoms with E-state index in [1.54, 1.807) is 24.5 Å². The number of likely N-dealkylation sites (tertiary alicyclic amines) is 1. The Hall–Kier alpha value is -2.50. The summed E-state index contributed by atoms with van der Waals surface area (Å²) < 4.78 is 12.9. The fraction of sp³-hybridized carbons (Fsp3) is 0.450. The first-order valence-corrected chi connectivity index (χ1v) is 9.28. The Balaban J connectivity index is 1.54. The molecule has 1 saturated heterocycles. The normalized spacial score (nSPS) is 17.2. The van der Waals surface area contributed by atoms with E-state index in [0.29, 0.717) is 24.1 Å². The first-order valence-electron chi connectivity index (χ1n) is 9.28. The molecule has 138 valence electrons.